The maximum atomic E-state index is 12.4. The fourth-order valence-corrected chi connectivity index (χ4v) is 4.30. The molecule has 1 aliphatic heterocycles. The first-order valence-corrected chi connectivity index (χ1v) is 11.9. The van der Waals surface area contributed by atoms with Crippen molar-refractivity contribution in [1.82, 2.24) is 30.2 Å². The van der Waals surface area contributed by atoms with Crippen LogP contribution in [0.5, 0.6) is 0 Å². The van der Waals surface area contributed by atoms with Crippen molar-refractivity contribution in [3.63, 3.8) is 0 Å². The van der Waals surface area contributed by atoms with Crippen molar-refractivity contribution in [2.24, 2.45) is 0 Å². The first kappa shape index (κ1) is 26.1. The highest BCUT2D eigenvalue weighted by Gasteiger charge is 2.38. The Bertz CT molecular complexity index is 1280. The molecule has 3 aromatic rings. The summed E-state index contributed by atoms with van der Waals surface area (Å²) in [6, 6.07) is 7.07. The van der Waals surface area contributed by atoms with Crippen molar-refractivity contribution in [2.75, 3.05) is 13.1 Å². The van der Waals surface area contributed by atoms with Crippen LogP contribution in [0.2, 0.25) is 0 Å². The molecule has 4 rings (SSSR count). The molecule has 190 valence electrons. The number of aromatic nitrogens is 4. The average molecular weight is 518 g/mol. The fourth-order valence-electron chi connectivity index (χ4n) is 3.28. The van der Waals surface area contributed by atoms with Crippen molar-refractivity contribution in [2.45, 2.75) is 37.2 Å². The van der Waals surface area contributed by atoms with Crippen molar-refractivity contribution >= 4 is 32.9 Å². The summed E-state index contributed by atoms with van der Waals surface area (Å²) in [6.45, 7) is 1.82. The number of carboxylic acid groups (broad SMARTS) is 1. The molecule has 3 N–H and O–H groups in total. The maximum Gasteiger partial charge on any atom is 0.490 e. The van der Waals surface area contributed by atoms with Crippen molar-refractivity contribution < 1.29 is 40.8 Å². The number of sulfonamides is 1. The monoisotopic (exact) mass is 518 g/mol. The fraction of sp³-hybridized carbons (Fsp3) is 0.421. The molecule has 1 aromatic carbocycles. The summed E-state index contributed by atoms with van der Waals surface area (Å²) >= 11 is 0. The summed E-state index contributed by atoms with van der Waals surface area (Å²) in [5.41, 5.74) is 0.691. The van der Waals surface area contributed by atoms with Crippen LogP contribution in [-0.4, -0.2) is 64.8 Å². The summed E-state index contributed by atoms with van der Waals surface area (Å²) in [6.07, 6.45) is -0.782. The van der Waals surface area contributed by atoms with Crippen molar-refractivity contribution in [1.29, 1.82) is 0 Å². The predicted octanol–water partition coefficient (Wildman–Crippen LogP) is 1.63. The van der Waals surface area contributed by atoms with Crippen LogP contribution in [0.3, 0.4) is 0 Å². The van der Waals surface area contributed by atoms with Gasteiger partial charge in [0.05, 0.1) is 12.2 Å². The SMILES string of the molecule is O=C(NS(=O)(=O)Cc1noc2ccccc12)c1cn(C2CCCNCC2)nn1.O=C(O)C(F)(F)F. The number of carboxylic acids is 1. The number of nitrogens with one attached hydrogen (secondary N) is 2. The van der Waals surface area contributed by atoms with Crippen LogP contribution in [0.15, 0.2) is 35.0 Å². The number of rotatable bonds is 5. The number of amides is 1. The molecule has 35 heavy (non-hydrogen) atoms. The summed E-state index contributed by atoms with van der Waals surface area (Å²) in [4.78, 5) is 21.2. The number of hydrogen-bond donors (Lipinski definition) is 3. The number of benzene rings is 1. The first-order chi connectivity index (χ1) is 16.5. The van der Waals surface area contributed by atoms with Gasteiger partial charge in [-0.25, -0.2) is 22.6 Å². The zero-order valence-electron chi connectivity index (χ0n) is 18.0. The van der Waals surface area contributed by atoms with E-state index in [0.717, 1.165) is 32.4 Å². The Morgan fingerprint density at radius 1 is 1.23 bits per heavy atom. The summed E-state index contributed by atoms with van der Waals surface area (Å²) < 4.78 is 65.3. The number of halogens is 3. The molecule has 0 saturated carbocycles. The predicted molar refractivity (Wildman–Crippen MR) is 114 cm³/mol. The van der Waals surface area contributed by atoms with E-state index in [4.69, 9.17) is 14.4 Å². The highest BCUT2D eigenvalue weighted by Crippen LogP contribution is 2.20. The van der Waals surface area contributed by atoms with E-state index in [9.17, 15) is 26.4 Å². The molecule has 1 amide bonds. The Labute approximate surface area is 196 Å². The number of hydrogen-bond acceptors (Lipinski definition) is 9. The second-order valence-electron chi connectivity index (χ2n) is 7.54. The molecule has 0 spiro atoms. The van der Waals surface area contributed by atoms with Gasteiger partial charge in [-0.2, -0.15) is 13.2 Å². The van der Waals surface area contributed by atoms with Gasteiger partial charge in [-0.15, -0.1) is 5.10 Å². The van der Waals surface area contributed by atoms with Gasteiger partial charge >= 0.3 is 12.1 Å². The van der Waals surface area contributed by atoms with E-state index in [1.165, 1.54) is 6.20 Å². The normalized spacial score (nSPS) is 16.7. The minimum absolute atomic E-state index is 0.0363. The summed E-state index contributed by atoms with van der Waals surface area (Å²) in [5, 5.41) is 22.7. The summed E-state index contributed by atoms with van der Waals surface area (Å²) in [7, 11) is -3.97. The molecule has 1 atom stereocenters. The van der Waals surface area contributed by atoms with Crippen LogP contribution in [-0.2, 0) is 20.6 Å². The molecule has 0 aliphatic carbocycles. The zero-order valence-corrected chi connectivity index (χ0v) is 18.8. The highest BCUT2D eigenvalue weighted by molar-refractivity contribution is 7.89. The van der Waals surface area contributed by atoms with Gasteiger partial charge in [0.15, 0.2) is 11.3 Å². The topological polar surface area (TPSA) is 169 Å². The third-order valence-electron chi connectivity index (χ3n) is 4.93. The van der Waals surface area contributed by atoms with Gasteiger partial charge in [0.25, 0.3) is 5.91 Å². The number of aliphatic carboxylic acids is 1. The van der Waals surface area contributed by atoms with E-state index in [1.54, 1.807) is 28.9 Å². The molecule has 2 aromatic heterocycles. The zero-order chi connectivity index (χ0) is 25.6. The summed E-state index contributed by atoms with van der Waals surface area (Å²) in [5.74, 6) is -4.05. The molecule has 16 heteroatoms. The first-order valence-electron chi connectivity index (χ1n) is 10.3. The van der Waals surface area contributed by atoms with Crippen LogP contribution in [0.25, 0.3) is 11.0 Å². The molecule has 1 aliphatic rings. The molecular weight excluding hydrogens is 497 g/mol. The number of fused-ring (bicyclic) bond motifs is 1. The Hall–Kier alpha value is -3.53. The van der Waals surface area contributed by atoms with E-state index >= 15 is 0 Å². The lowest BCUT2D eigenvalue weighted by Gasteiger charge is -2.12. The van der Waals surface area contributed by atoms with Gasteiger partial charge < -0.3 is 14.9 Å². The number of carbonyl (C=O) groups is 2. The van der Waals surface area contributed by atoms with Gasteiger partial charge in [-0.1, -0.05) is 22.5 Å². The van der Waals surface area contributed by atoms with E-state index in [0.29, 0.717) is 11.0 Å². The third-order valence-corrected chi connectivity index (χ3v) is 6.08. The Morgan fingerprint density at radius 3 is 2.66 bits per heavy atom. The van der Waals surface area contributed by atoms with Gasteiger partial charge in [0.2, 0.25) is 10.0 Å². The molecule has 0 radical (unpaired) electrons. The van der Waals surface area contributed by atoms with Crippen molar-refractivity contribution in [3.8, 4) is 0 Å². The Kier molecular flexibility index (Phi) is 8.06. The standard InChI is InChI=1S/C17H20N6O4S.C2HF3O2/c24-17(14-10-23(22-19-14)12-4-3-8-18-9-7-12)21-28(25,26)11-15-13-5-1-2-6-16(13)27-20-15;3-2(4,5)1(6)7/h1-2,5-6,10,12,18H,3-4,7-9,11H2,(H,21,24);(H,6,7). The molecule has 1 fully saturated rings. The lowest BCUT2D eigenvalue weighted by atomic mass is 10.1. The van der Waals surface area contributed by atoms with E-state index in [2.05, 4.69) is 20.8 Å². The molecule has 12 nitrogen and oxygen atoms in total. The quantitative estimate of drug-likeness (QED) is 0.451. The Balaban J connectivity index is 0.000000429. The second-order valence-corrected chi connectivity index (χ2v) is 9.26. The number of para-hydroxylation sites is 1. The minimum Gasteiger partial charge on any atom is -0.475 e. The van der Waals surface area contributed by atoms with Gasteiger partial charge in [-0.05, 0) is 44.5 Å². The maximum absolute atomic E-state index is 12.4. The lowest BCUT2D eigenvalue weighted by molar-refractivity contribution is -0.192. The van der Waals surface area contributed by atoms with Gasteiger partial charge in [0, 0.05) is 5.39 Å². The van der Waals surface area contributed by atoms with Crippen LogP contribution in [0.1, 0.15) is 41.5 Å². The molecule has 3 heterocycles. The Morgan fingerprint density at radius 2 is 1.94 bits per heavy atom. The average Bonchev–Trinajstić information content (AvgIpc) is 3.33. The van der Waals surface area contributed by atoms with E-state index < -0.39 is 33.8 Å². The third kappa shape index (κ3) is 7.22. The largest absolute Gasteiger partial charge is 0.490 e. The highest BCUT2D eigenvalue weighted by atomic mass is 32.2. The smallest absolute Gasteiger partial charge is 0.475 e. The van der Waals surface area contributed by atoms with E-state index in [-0.39, 0.29) is 17.4 Å². The van der Waals surface area contributed by atoms with Crippen LogP contribution in [0.4, 0.5) is 13.2 Å². The van der Waals surface area contributed by atoms with Crippen LogP contribution in [0, 0.1) is 0 Å². The number of nitrogens with zero attached hydrogens (tertiary/aromatic N) is 4. The second kappa shape index (κ2) is 10.8. The lowest BCUT2D eigenvalue weighted by Crippen LogP contribution is -2.32. The molecule has 0 bridgehead atoms. The molecule has 1 unspecified atom stereocenters. The number of alkyl halides is 3. The van der Waals surface area contributed by atoms with Crippen molar-refractivity contribution in [3.05, 3.63) is 41.9 Å². The minimum atomic E-state index is -5.08. The molecule has 1 saturated heterocycles. The molecular formula is C19H21F3N6O6S. The van der Waals surface area contributed by atoms with Gasteiger partial charge in [-0.3, -0.25) is 4.79 Å². The number of carbonyl (C=O) groups excluding carboxylic acids is 1. The van der Waals surface area contributed by atoms with Crippen LogP contribution >= 0.6 is 0 Å². The van der Waals surface area contributed by atoms with E-state index in [1.807, 2.05) is 4.72 Å². The van der Waals surface area contributed by atoms with Crippen LogP contribution < -0.4 is 10.0 Å². The van der Waals surface area contributed by atoms with Gasteiger partial charge in [0.1, 0.15) is 11.4 Å².